The molecule has 20 heavy (non-hydrogen) atoms. The molecule has 1 aromatic carbocycles. The van der Waals surface area contributed by atoms with E-state index in [-0.39, 0.29) is 5.92 Å². The van der Waals surface area contributed by atoms with Crippen LogP contribution in [0, 0.1) is 6.92 Å². The number of rotatable bonds is 6. The van der Waals surface area contributed by atoms with Crippen LogP contribution in [0.25, 0.3) is 0 Å². The van der Waals surface area contributed by atoms with Crippen molar-refractivity contribution in [2.45, 2.75) is 31.8 Å². The fourth-order valence-electron chi connectivity index (χ4n) is 2.38. The fourth-order valence-corrected chi connectivity index (χ4v) is 2.38. The van der Waals surface area contributed by atoms with Gasteiger partial charge in [-0.3, -0.25) is 4.98 Å². The van der Waals surface area contributed by atoms with Crippen LogP contribution >= 0.6 is 0 Å². The molecule has 0 fully saturated rings. The second-order valence-corrected chi connectivity index (χ2v) is 5.22. The van der Waals surface area contributed by atoms with E-state index in [1.54, 1.807) is 12.4 Å². The maximum atomic E-state index is 10.4. The number of hydrogen-bond donors (Lipinski definition) is 2. The Balaban J connectivity index is 1.96. The molecule has 0 radical (unpaired) electrons. The lowest BCUT2D eigenvalue weighted by molar-refractivity contribution is 0.136. The molecular weight excluding hydrogens is 248 g/mol. The zero-order valence-electron chi connectivity index (χ0n) is 11.9. The summed E-state index contributed by atoms with van der Waals surface area (Å²) in [5.41, 5.74) is 9.31. The van der Waals surface area contributed by atoms with Crippen molar-refractivity contribution >= 4 is 0 Å². The van der Waals surface area contributed by atoms with Crippen LogP contribution < -0.4 is 5.73 Å². The Hall–Kier alpha value is -1.71. The van der Waals surface area contributed by atoms with Crippen LogP contribution in [-0.4, -0.2) is 22.7 Å². The van der Waals surface area contributed by atoms with Crippen molar-refractivity contribution in [1.29, 1.82) is 0 Å². The lowest BCUT2D eigenvalue weighted by atomic mass is 9.91. The van der Waals surface area contributed by atoms with Crippen LogP contribution in [-0.2, 0) is 6.42 Å². The van der Waals surface area contributed by atoms with Crippen molar-refractivity contribution in [3.05, 3.63) is 65.5 Å². The van der Waals surface area contributed by atoms with Crippen LogP contribution in [0.4, 0.5) is 0 Å². The number of nitrogens with zero attached hydrogens (tertiary/aromatic N) is 1. The Bertz CT molecular complexity index is 510. The van der Waals surface area contributed by atoms with Gasteiger partial charge in [0, 0.05) is 24.9 Å². The summed E-state index contributed by atoms with van der Waals surface area (Å²) in [7, 11) is 0. The minimum Gasteiger partial charge on any atom is -0.392 e. The Labute approximate surface area is 120 Å². The molecule has 106 valence electrons. The summed E-state index contributed by atoms with van der Waals surface area (Å²) in [6.07, 6.45) is 4.64. The van der Waals surface area contributed by atoms with Gasteiger partial charge in [0.2, 0.25) is 0 Å². The Morgan fingerprint density at radius 3 is 2.55 bits per heavy atom. The molecule has 2 aromatic rings. The van der Waals surface area contributed by atoms with Gasteiger partial charge in [-0.25, -0.2) is 0 Å². The number of aromatic nitrogens is 1. The zero-order chi connectivity index (χ0) is 14.4. The van der Waals surface area contributed by atoms with Crippen molar-refractivity contribution < 1.29 is 5.11 Å². The molecule has 0 aliphatic carbocycles. The van der Waals surface area contributed by atoms with Crippen LogP contribution in [0.1, 0.15) is 29.0 Å². The molecule has 2 atom stereocenters. The maximum Gasteiger partial charge on any atom is 0.0624 e. The first kappa shape index (κ1) is 14.7. The molecule has 3 N–H and O–H groups in total. The van der Waals surface area contributed by atoms with E-state index >= 15 is 0 Å². The minimum absolute atomic E-state index is 0.0471. The van der Waals surface area contributed by atoms with Crippen LogP contribution in [0.5, 0.6) is 0 Å². The van der Waals surface area contributed by atoms with Crippen molar-refractivity contribution in [3.63, 3.8) is 0 Å². The summed E-state index contributed by atoms with van der Waals surface area (Å²) >= 11 is 0. The molecule has 0 aliphatic rings. The van der Waals surface area contributed by atoms with Gasteiger partial charge in [-0.2, -0.15) is 0 Å². The molecule has 3 nitrogen and oxygen atoms in total. The van der Waals surface area contributed by atoms with E-state index in [1.165, 1.54) is 11.1 Å². The first-order valence-electron chi connectivity index (χ1n) is 7.04. The minimum atomic E-state index is -0.439. The van der Waals surface area contributed by atoms with E-state index in [9.17, 15) is 5.11 Å². The van der Waals surface area contributed by atoms with Gasteiger partial charge in [-0.15, -0.1) is 0 Å². The van der Waals surface area contributed by atoms with Gasteiger partial charge in [0.15, 0.2) is 0 Å². The van der Waals surface area contributed by atoms with Gasteiger partial charge in [0.25, 0.3) is 0 Å². The van der Waals surface area contributed by atoms with E-state index in [0.717, 1.165) is 12.0 Å². The summed E-state index contributed by atoms with van der Waals surface area (Å²) in [6, 6.07) is 12.3. The number of aryl methyl sites for hydroxylation is 2. The molecule has 3 heteroatoms. The normalized spacial score (nSPS) is 13.9. The molecule has 0 spiro atoms. The summed E-state index contributed by atoms with van der Waals surface area (Å²) in [5.74, 6) is -0.0471. The van der Waals surface area contributed by atoms with Crippen molar-refractivity contribution in [2.24, 2.45) is 5.73 Å². The third-order valence-corrected chi connectivity index (χ3v) is 3.68. The van der Waals surface area contributed by atoms with E-state index in [1.807, 2.05) is 12.1 Å². The Morgan fingerprint density at radius 1 is 1.20 bits per heavy atom. The van der Waals surface area contributed by atoms with Gasteiger partial charge in [0.1, 0.15) is 0 Å². The van der Waals surface area contributed by atoms with Gasteiger partial charge < -0.3 is 10.8 Å². The van der Waals surface area contributed by atoms with Gasteiger partial charge >= 0.3 is 0 Å². The highest BCUT2D eigenvalue weighted by atomic mass is 16.3. The average molecular weight is 270 g/mol. The van der Waals surface area contributed by atoms with Crippen LogP contribution in [0.15, 0.2) is 48.8 Å². The second kappa shape index (κ2) is 7.17. The molecule has 2 rings (SSSR count). The average Bonchev–Trinajstić information content (AvgIpc) is 2.48. The SMILES string of the molecule is Cc1ccc(CCC(O)C(CN)c2cccnc2)cc1. The summed E-state index contributed by atoms with van der Waals surface area (Å²) < 4.78 is 0. The lowest BCUT2D eigenvalue weighted by Crippen LogP contribution is -2.26. The smallest absolute Gasteiger partial charge is 0.0624 e. The summed E-state index contributed by atoms with van der Waals surface area (Å²) in [6.45, 7) is 2.51. The predicted molar refractivity (Wildman–Crippen MR) is 81.5 cm³/mol. The molecular formula is C17H22N2O. The molecule has 0 saturated carbocycles. The quantitative estimate of drug-likeness (QED) is 0.847. The largest absolute Gasteiger partial charge is 0.392 e. The summed E-state index contributed by atoms with van der Waals surface area (Å²) in [5, 5.41) is 10.4. The molecule has 2 unspecified atom stereocenters. The first-order valence-corrected chi connectivity index (χ1v) is 7.04. The van der Waals surface area contributed by atoms with Gasteiger partial charge in [0.05, 0.1) is 6.10 Å². The molecule has 0 saturated heterocycles. The van der Waals surface area contributed by atoms with Crippen molar-refractivity contribution in [3.8, 4) is 0 Å². The molecule has 1 heterocycles. The highest BCUT2D eigenvalue weighted by Gasteiger charge is 2.19. The topological polar surface area (TPSA) is 59.1 Å². The first-order chi connectivity index (χ1) is 9.70. The molecule has 0 amide bonds. The highest BCUT2D eigenvalue weighted by molar-refractivity contribution is 5.22. The number of hydrogen-bond acceptors (Lipinski definition) is 3. The van der Waals surface area contributed by atoms with Gasteiger partial charge in [-0.05, 0) is 37.0 Å². The fraction of sp³-hybridized carbons (Fsp3) is 0.353. The van der Waals surface area contributed by atoms with Crippen LogP contribution in [0.3, 0.4) is 0 Å². The standard InChI is InChI=1S/C17H22N2O/c1-13-4-6-14(7-5-13)8-9-17(20)16(11-18)15-3-2-10-19-12-15/h2-7,10,12,16-17,20H,8-9,11,18H2,1H3. The second-order valence-electron chi connectivity index (χ2n) is 5.22. The van der Waals surface area contributed by atoms with Gasteiger partial charge in [-0.1, -0.05) is 35.9 Å². The number of nitrogens with two attached hydrogens (primary N) is 1. The molecule has 1 aromatic heterocycles. The van der Waals surface area contributed by atoms with E-state index < -0.39 is 6.10 Å². The van der Waals surface area contributed by atoms with Crippen molar-refractivity contribution in [1.82, 2.24) is 4.98 Å². The monoisotopic (exact) mass is 270 g/mol. The van der Waals surface area contributed by atoms with E-state index in [2.05, 4.69) is 36.2 Å². The number of pyridine rings is 1. The highest BCUT2D eigenvalue weighted by Crippen LogP contribution is 2.21. The third kappa shape index (κ3) is 3.89. The van der Waals surface area contributed by atoms with E-state index in [0.29, 0.717) is 13.0 Å². The molecule has 0 aliphatic heterocycles. The van der Waals surface area contributed by atoms with Crippen molar-refractivity contribution in [2.75, 3.05) is 6.54 Å². The zero-order valence-corrected chi connectivity index (χ0v) is 11.9. The maximum absolute atomic E-state index is 10.4. The third-order valence-electron chi connectivity index (χ3n) is 3.68. The van der Waals surface area contributed by atoms with E-state index in [4.69, 9.17) is 5.73 Å². The Kier molecular flexibility index (Phi) is 5.27. The Morgan fingerprint density at radius 2 is 1.95 bits per heavy atom. The number of aliphatic hydroxyl groups excluding tert-OH is 1. The number of aliphatic hydroxyl groups is 1. The number of benzene rings is 1. The lowest BCUT2D eigenvalue weighted by Gasteiger charge is -2.21. The molecule has 0 bridgehead atoms. The summed E-state index contributed by atoms with van der Waals surface area (Å²) in [4.78, 5) is 4.10. The van der Waals surface area contributed by atoms with Crippen LogP contribution in [0.2, 0.25) is 0 Å². The predicted octanol–water partition coefficient (Wildman–Crippen LogP) is 2.43.